The van der Waals surface area contributed by atoms with Gasteiger partial charge in [0, 0.05) is 18.2 Å². The number of ether oxygens (including phenoxy) is 1. The van der Waals surface area contributed by atoms with Gasteiger partial charge in [-0.25, -0.2) is 0 Å². The summed E-state index contributed by atoms with van der Waals surface area (Å²) in [5.41, 5.74) is 0.944. The van der Waals surface area contributed by atoms with Gasteiger partial charge in [0.05, 0.1) is 19.1 Å². The highest BCUT2D eigenvalue weighted by Gasteiger charge is 2.33. The number of carbonyl (C=O) groups is 2. The van der Waals surface area contributed by atoms with Crippen molar-refractivity contribution in [1.82, 2.24) is 4.90 Å². The van der Waals surface area contributed by atoms with E-state index in [1.165, 1.54) is 0 Å². The lowest BCUT2D eigenvalue weighted by atomic mass is 10.2. The molecule has 1 aliphatic carbocycles. The van der Waals surface area contributed by atoms with E-state index in [9.17, 15) is 9.59 Å². The monoisotopic (exact) mass is 251 g/mol. The molecule has 5 heteroatoms. The fraction of sp³-hybridized carbons (Fsp3) is 0.538. The molecule has 0 atom stereocenters. The molecule has 1 aliphatic rings. The lowest BCUT2D eigenvalue weighted by molar-refractivity contribution is -0.149. The van der Waals surface area contributed by atoms with Gasteiger partial charge in [-0.1, -0.05) is 0 Å². The quantitative estimate of drug-likeness (QED) is 0.570. The molecule has 1 heterocycles. The summed E-state index contributed by atoms with van der Waals surface area (Å²) in [5, 5.41) is 0. The second-order valence-electron chi connectivity index (χ2n) is 4.37. The Morgan fingerprint density at radius 1 is 1.50 bits per heavy atom. The largest absolute Gasteiger partial charge is 0.472 e. The molecule has 0 unspecified atom stereocenters. The normalized spacial score (nSPS) is 14.3. The standard InChI is InChI=1S/C13H17NO4/c1-2-18-13(16)7-12(15)14(11-3-4-11)8-10-5-6-17-9-10/h5-6,9,11H,2-4,7-8H2,1H3. The predicted molar refractivity (Wildman–Crippen MR) is 63.5 cm³/mol. The lowest BCUT2D eigenvalue weighted by Crippen LogP contribution is -2.34. The van der Waals surface area contributed by atoms with Crippen molar-refractivity contribution in [2.75, 3.05) is 6.61 Å². The van der Waals surface area contributed by atoms with Crippen LogP contribution in [0.3, 0.4) is 0 Å². The van der Waals surface area contributed by atoms with Gasteiger partial charge in [-0.2, -0.15) is 0 Å². The van der Waals surface area contributed by atoms with Gasteiger partial charge < -0.3 is 14.1 Å². The molecule has 0 N–H and O–H groups in total. The minimum absolute atomic E-state index is 0.169. The summed E-state index contributed by atoms with van der Waals surface area (Å²) >= 11 is 0. The maximum absolute atomic E-state index is 12.0. The van der Waals surface area contributed by atoms with Gasteiger partial charge in [-0.3, -0.25) is 9.59 Å². The molecule has 1 amide bonds. The van der Waals surface area contributed by atoms with Crippen molar-refractivity contribution in [1.29, 1.82) is 0 Å². The van der Waals surface area contributed by atoms with Crippen LogP contribution in [0.5, 0.6) is 0 Å². The number of nitrogens with zero attached hydrogens (tertiary/aromatic N) is 1. The maximum Gasteiger partial charge on any atom is 0.315 e. The summed E-state index contributed by atoms with van der Waals surface area (Å²) in [7, 11) is 0. The van der Waals surface area contributed by atoms with Crippen LogP contribution >= 0.6 is 0 Å². The van der Waals surface area contributed by atoms with E-state index in [4.69, 9.17) is 9.15 Å². The van der Waals surface area contributed by atoms with Crippen molar-refractivity contribution >= 4 is 11.9 Å². The van der Waals surface area contributed by atoms with Crippen molar-refractivity contribution in [2.24, 2.45) is 0 Å². The lowest BCUT2D eigenvalue weighted by Gasteiger charge is -2.21. The van der Waals surface area contributed by atoms with Crippen LogP contribution in [0, 0.1) is 0 Å². The Balaban J connectivity index is 1.93. The second kappa shape index (κ2) is 5.71. The second-order valence-corrected chi connectivity index (χ2v) is 4.37. The van der Waals surface area contributed by atoms with Crippen LogP contribution in [0.15, 0.2) is 23.0 Å². The zero-order valence-electron chi connectivity index (χ0n) is 10.4. The zero-order valence-corrected chi connectivity index (χ0v) is 10.4. The first-order valence-corrected chi connectivity index (χ1v) is 6.17. The molecule has 5 nitrogen and oxygen atoms in total. The summed E-state index contributed by atoms with van der Waals surface area (Å²) in [6, 6.07) is 2.09. The number of esters is 1. The highest BCUT2D eigenvalue weighted by atomic mass is 16.5. The molecule has 1 aromatic heterocycles. The van der Waals surface area contributed by atoms with E-state index in [1.54, 1.807) is 24.3 Å². The summed E-state index contributed by atoms with van der Waals surface area (Å²) in [5.74, 6) is -0.627. The Morgan fingerprint density at radius 3 is 2.83 bits per heavy atom. The molecular formula is C13H17NO4. The van der Waals surface area contributed by atoms with E-state index < -0.39 is 5.97 Å². The maximum atomic E-state index is 12.0. The van der Waals surface area contributed by atoms with Crippen molar-refractivity contribution in [3.63, 3.8) is 0 Å². The summed E-state index contributed by atoms with van der Waals surface area (Å²) in [4.78, 5) is 25.1. The molecule has 0 spiro atoms. The highest BCUT2D eigenvalue weighted by molar-refractivity contribution is 5.94. The molecule has 0 aromatic carbocycles. The van der Waals surface area contributed by atoms with Crippen LogP contribution in [0.4, 0.5) is 0 Å². The third-order valence-electron chi connectivity index (χ3n) is 2.84. The molecule has 0 bridgehead atoms. The minimum atomic E-state index is -0.458. The van der Waals surface area contributed by atoms with E-state index in [-0.39, 0.29) is 18.4 Å². The molecule has 18 heavy (non-hydrogen) atoms. The van der Waals surface area contributed by atoms with Gasteiger partial charge in [0.25, 0.3) is 0 Å². The van der Waals surface area contributed by atoms with Gasteiger partial charge in [0.2, 0.25) is 5.91 Å². The van der Waals surface area contributed by atoms with Crippen molar-refractivity contribution in [3.8, 4) is 0 Å². The summed E-state index contributed by atoms with van der Waals surface area (Å²) in [6.07, 6.45) is 5.03. The minimum Gasteiger partial charge on any atom is -0.472 e. The Bertz CT molecular complexity index is 409. The summed E-state index contributed by atoms with van der Waals surface area (Å²) < 4.78 is 9.78. The van der Waals surface area contributed by atoms with Gasteiger partial charge in [0.1, 0.15) is 6.42 Å². The van der Waals surface area contributed by atoms with E-state index >= 15 is 0 Å². The Morgan fingerprint density at radius 2 is 2.28 bits per heavy atom. The van der Waals surface area contributed by atoms with Gasteiger partial charge in [-0.15, -0.1) is 0 Å². The van der Waals surface area contributed by atoms with Crippen LogP contribution in [0.25, 0.3) is 0 Å². The summed E-state index contributed by atoms with van der Waals surface area (Å²) in [6.45, 7) is 2.53. The van der Waals surface area contributed by atoms with E-state index in [2.05, 4.69) is 0 Å². The number of carbonyl (C=O) groups excluding carboxylic acids is 2. The Hall–Kier alpha value is -1.78. The molecule has 0 aliphatic heterocycles. The first-order valence-electron chi connectivity index (χ1n) is 6.17. The highest BCUT2D eigenvalue weighted by Crippen LogP contribution is 2.29. The van der Waals surface area contributed by atoms with Crippen molar-refractivity contribution in [3.05, 3.63) is 24.2 Å². The fourth-order valence-corrected chi connectivity index (χ4v) is 1.82. The zero-order chi connectivity index (χ0) is 13.0. The molecule has 0 saturated heterocycles. The first kappa shape index (κ1) is 12.7. The van der Waals surface area contributed by atoms with Gasteiger partial charge in [0.15, 0.2) is 0 Å². The van der Waals surface area contributed by atoms with E-state index in [1.807, 2.05) is 6.07 Å². The smallest absolute Gasteiger partial charge is 0.315 e. The predicted octanol–water partition coefficient (Wildman–Crippen LogP) is 1.72. The molecule has 98 valence electrons. The SMILES string of the molecule is CCOC(=O)CC(=O)N(Cc1ccoc1)C1CC1. The number of hydrogen-bond donors (Lipinski definition) is 0. The Kier molecular flexibility index (Phi) is 4.02. The third-order valence-corrected chi connectivity index (χ3v) is 2.84. The first-order chi connectivity index (χ1) is 8.70. The van der Waals surface area contributed by atoms with Crippen LogP contribution in [-0.4, -0.2) is 29.4 Å². The molecule has 1 saturated carbocycles. The average Bonchev–Trinajstić information content (AvgIpc) is 3.03. The third kappa shape index (κ3) is 3.35. The van der Waals surface area contributed by atoms with Crippen LogP contribution < -0.4 is 0 Å². The number of amides is 1. The topological polar surface area (TPSA) is 59.8 Å². The van der Waals surface area contributed by atoms with Crippen molar-refractivity contribution < 1.29 is 18.7 Å². The average molecular weight is 251 g/mol. The number of hydrogen-bond acceptors (Lipinski definition) is 4. The number of rotatable bonds is 6. The van der Waals surface area contributed by atoms with E-state index in [0.29, 0.717) is 13.2 Å². The van der Waals surface area contributed by atoms with Gasteiger partial charge >= 0.3 is 5.97 Å². The van der Waals surface area contributed by atoms with E-state index in [0.717, 1.165) is 18.4 Å². The molecule has 1 fully saturated rings. The van der Waals surface area contributed by atoms with Crippen LogP contribution in [0.2, 0.25) is 0 Å². The fourth-order valence-electron chi connectivity index (χ4n) is 1.82. The number of furan rings is 1. The van der Waals surface area contributed by atoms with Crippen LogP contribution in [-0.2, 0) is 20.9 Å². The Labute approximate surface area is 106 Å². The molecule has 1 aromatic rings. The molecular weight excluding hydrogens is 234 g/mol. The molecule has 0 radical (unpaired) electrons. The van der Waals surface area contributed by atoms with Crippen molar-refractivity contribution in [2.45, 2.75) is 38.8 Å². The van der Waals surface area contributed by atoms with Crippen LogP contribution in [0.1, 0.15) is 31.7 Å². The molecule has 2 rings (SSSR count). The van der Waals surface area contributed by atoms with Gasteiger partial charge in [-0.05, 0) is 25.8 Å².